The molecule has 0 fully saturated rings. The van der Waals surface area contributed by atoms with Crippen molar-refractivity contribution in [1.82, 2.24) is 0 Å². The third kappa shape index (κ3) is 3.55. The van der Waals surface area contributed by atoms with E-state index in [-0.39, 0.29) is 0 Å². The first-order valence-electron chi connectivity index (χ1n) is 9.34. The van der Waals surface area contributed by atoms with E-state index in [0.29, 0.717) is 0 Å². The van der Waals surface area contributed by atoms with Crippen LogP contribution in [0.5, 0.6) is 0 Å². The van der Waals surface area contributed by atoms with Gasteiger partial charge in [0.25, 0.3) is 0 Å². The summed E-state index contributed by atoms with van der Waals surface area (Å²) in [6, 6.07) is 26.4. The lowest BCUT2D eigenvalue weighted by Crippen LogP contribution is -1.92. The molecule has 0 heteroatoms. The Kier molecular flexibility index (Phi) is 4.58. The van der Waals surface area contributed by atoms with Crippen LogP contribution >= 0.6 is 0 Å². The van der Waals surface area contributed by atoms with E-state index in [1.807, 2.05) is 0 Å². The summed E-state index contributed by atoms with van der Waals surface area (Å²) in [6.45, 7) is 4.39. The van der Waals surface area contributed by atoms with Crippen LogP contribution in [0.2, 0.25) is 0 Å². The van der Waals surface area contributed by atoms with Crippen molar-refractivity contribution in [3.8, 4) is 22.3 Å². The topological polar surface area (TPSA) is 0 Å². The highest BCUT2D eigenvalue weighted by Gasteiger charge is 2.10. The van der Waals surface area contributed by atoms with Crippen LogP contribution in [-0.4, -0.2) is 0 Å². The van der Waals surface area contributed by atoms with Gasteiger partial charge in [-0.05, 0) is 78.3 Å². The third-order valence-corrected chi connectivity index (χ3v) is 5.03. The molecule has 0 unspecified atom stereocenters. The molecule has 0 amide bonds. The van der Waals surface area contributed by atoms with E-state index in [2.05, 4.69) is 98.8 Å². The minimum atomic E-state index is 1.13. The molecule has 0 aliphatic heterocycles. The van der Waals surface area contributed by atoms with Crippen LogP contribution in [0.4, 0.5) is 0 Å². The lowest BCUT2D eigenvalue weighted by atomic mass is 9.90. The average Bonchev–Trinajstić information content (AvgIpc) is 2.68. The van der Waals surface area contributed by atoms with Gasteiger partial charge in [0, 0.05) is 0 Å². The molecule has 0 saturated heterocycles. The summed E-state index contributed by atoms with van der Waals surface area (Å²) >= 11 is 0. The van der Waals surface area contributed by atoms with Gasteiger partial charge in [0.15, 0.2) is 0 Å². The normalized spacial score (nSPS) is 13.9. The molecular weight excluding hydrogens is 312 g/mol. The molecule has 0 radical (unpaired) electrons. The van der Waals surface area contributed by atoms with Gasteiger partial charge in [-0.1, -0.05) is 77.9 Å². The molecule has 0 atom stereocenters. The maximum absolute atomic E-state index is 2.37. The second-order valence-corrected chi connectivity index (χ2v) is 7.22. The van der Waals surface area contributed by atoms with Gasteiger partial charge in [-0.2, -0.15) is 0 Å². The van der Waals surface area contributed by atoms with Gasteiger partial charge in [-0.15, -0.1) is 0 Å². The van der Waals surface area contributed by atoms with E-state index in [9.17, 15) is 0 Å². The van der Waals surface area contributed by atoms with Crippen molar-refractivity contribution in [2.75, 3.05) is 0 Å². The number of hydrogen-bond donors (Lipinski definition) is 0. The van der Waals surface area contributed by atoms with Gasteiger partial charge < -0.3 is 0 Å². The minimum absolute atomic E-state index is 1.13. The summed E-state index contributed by atoms with van der Waals surface area (Å²) in [5, 5.41) is 0. The fourth-order valence-corrected chi connectivity index (χ4v) is 3.64. The maximum atomic E-state index is 2.37. The second-order valence-electron chi connectivity index (χ2n) is 7.22. The zero-order chi connectivity index (χ0) is 17.9. The van der Waals surface area contributed by atoms with Gasteiger partial charge in [0.2, 0.25) is 0 Å². The molecule has 0 N–H and O–H groups in total. The van der Waals surface area contributed by atoms with E-state index >= 15 is 0 Å². The SMILES string of the molecule is CC1=CC(c2cc(-c3ccccc3)cc(-c3cccc(C)c3)c2)=CCC1. The van der Waals surface area contributed by atoms with Gasteiger partial charge >= 0.3 is 0 Å². The van der Waals surface area contributed by atoms with Crippen molar-refractivity contribution in [3.63, 3.8) is 0 Å². The van der Waals surface area contributed by atoms with E-state index in [1.54, 1.807) is 0 Å². The Bertz CT molecular complexity index is 988. The highest BCUT2D eigenvalue weighted by Crippen LogP contribution is 2.33. The zero-order valence-electron chi connectivity index (χ0n) is 15.5. The molecule has 3 aromatic carbocycles. The molecule has 1 aliphatic carbocycles. The van der Waals surface area contributed by atoms with Crippen LogP contribution in [-0.2, 0) is 0 Å². The lowest BCUT2D eigenvalue weighted by Gasteiger charge is -2.15. The van der Waals surface area contributed by atoms with E-state index in [1.165, 1.54) is 50.9 Å². The third-order valence-electron chi connectivity index (χ3n) is 5.03. The van der Waals surface area contributed by atoms with E-state index in [4.69, 9.17) is 0 Å². The predicted octanol–water partition coefficient (Wildman–Crippen LogP) is 7.45. The Labute approximate surface area is 156 Å². The van der Waals surface area contributed by atoms with Gasteiger partial charge in [-0.3, -0.25) is 0 Å². The molecule has 0 bridgehead atoms. The van der Waals surface area contributed by atoms with E-state index in [0.717, 1.165) is 6.42 Å². The van der Waals surface area contributed by atoms with Crippen molar-refractivity contribution in [2.24, 2.45) is 0 Å². The Morgan fingerprint density at radius 3 is 2.04 bits per heavy atom. The Balaban J connectivity index is 1.89. The molecule has 0 spiro atoms. The molecular formula is C26H24. The summed E-state index contributed by atoms with van der Waals surface area (Å²) in [5.74, 6) is 0. The number of rotatable bonds is 3. The van der Waals surface area contributed by atoms with Crippen LogP contribution in [0.25, 0.3) is 27.8 Å². The summed E-state index contributed by atoms with van der Waals surface area (Å²) in [5.41, 5.74) is 10.5. The van der Waals surface area contributed by atoms with E-state index < -0.39 is 0 Å². The summed E-state index contributed by atoms with van der Waals surface area (Å²) in [4.78, 5) is 0. The standard InChI is InChI=1S/C26H24/c1-19-8-6-12-22(14-19)25-16-24(21-10-4-3-5-11-21)17-26(18-25)23-13-7-9-20(2)15-23/h3-6,8,10-18H,7,9H2,1-2H3. The molecule has 128 valence electrons. The fraction of sp³-hybridized carbons (Fsp3) is 0.154. The molecule has 0 nitrogen and oxygen atoms in total. The molecule has 26 heavy (non-hydrogen) atoms. The number of aryl methyl sites for hydroxylation is 1. The Morgan fingerprint density at radius 1 is 0.615 bits per heavy atom. The quantitative estimate of drug-likeness (QED) is 0.466. The maximum Gasteiger partial charge on any atom is -0.0172 e. The average molecular weight is 336 g/mol. The second kappa shape index (κ2) is 7.17. The van der Waals surface area contributed by atoms with Crippen LogP contribution in [0.15, 0.2) is 90.5 Å². The lowest BCUT2D eigenvalue weighted by molar-refractivity contribution is 0.966. The number of hydrogen-bond acceptors (Lipinski definition) is 0. The first-order chi connectivity index (χ1) is 12.7. The first-order valence-corrected chi connectivity index (χ1v) is 9.34. The number of allylic oxidation sites excluding steroid dienone is 4. The summed E-state index contributed by atoms with van der Waals surface area (Å²) in [6.07, 6.45) is 7.02. The fourth-order valence-electron chi connectivity index (χ4n) is 3.64. The van der Waals surface area contributed by atoms with Crippen LogP contribution in [0.1, 0.15) is 30.9 Å². The largest absolute Gasteiger partial charge is 0.0763 e. The molecule has 1 aliphatic rings. The van der Waals surface area contributed by atoms with Gasteiger partial charge in [0.05, 0.1) is 0 Å². The highest BCUT2D eigenvalue weighted by molar-refractivity contribution is 5.83. The van der Waals surface area contributed by atoms with Crippen molar-refractivity contribution in [2.45, 2.75) is 26.7 Å². The Morgan fingerprint density at radius 2 is 1.31 bits per heavy atom. The van der Waals surface area contributed by atoms with Crippen molar-refractivity contribution in [3.05, 3.63) is 102 Å². The predicted molar refractivity (Wildman–Crippen MR) is 113 cm³/mol. The first kappa shape index (κ1) is 16.6. The van der Waals surface area contributed by atoms with Gasteiger partial charge in [-0.25, -0.2) is 0 Å². The Hall–Kier alpha value is -2.86. The van der Waals surface area contributed by atoms with Crippen LogP contribution < -0.4 is 0 Å². The molecule has 3 aromatic rings. The molecule has 0 aromatic heterocycles. The minimum Gasteiger partial charge on any atom is -0.0763 e. The van der Waals surface area contributed by atoms with Gasteiger partial charge in [0.1, 0.15) is 0 Å². The summed E-state index contributed by atoms with van der Waals surface area (Å²) in [7, 11) is 0. The zero-order valence-corrected chi connectivity index (χ0v) is 15.5. The van der Waals surface area contributed by atoms with Crippen LogP contribution in [0, 0.1) is 6.92 Å². The molecule has 4 rings (SSSR count). The van der Waals surface area contributed by atoms with Crippen molar-refractivity contribution >= 4 is 5.57 Å². The molecule has 0 saturated carbocycles. The van der Waals surface area contributed by atoms with Crippen molar-refractivity contribution in [1.29, 1.82) is 0 Å². The molecule has 0 heterocycles. The highest BCUT2D eigenvalue weighted by atomic mass is 14.1. The monoisotopic (exact) mass is 336 g/mol. The summed E-state index contributed by atoms with van der Waals surface area (Å²) < 4.78 is 0. The van der Waals surface area contributed by atoms with Crippen molar-refractivity contribution < 1.29 is 0 Å². The smallest absolute Gasteiger partial charge is 0.0172 e. The number of benzene rings is 3. The van der Waals surface area contributed by atoms with Crippen LogP contribution in [0.3, 0.4) is 0 Å².